The Morgan fingerprint density at radius 1 is 1.25 bits per heavy atom. The molecule has 1 heterocycles. The van der Waals surface area contributed by atoms with Crippen LogP contribution in [-0.4, -0.2) is 52.0 Å². The summed E-state index contributed by atoms with van der Waals surface area (Å²) in [6.07, 6.45) is 5.84. The maximum Gasteiger partial charge on any atom is 0.191 e. The maximum absolute atomic E-state index is 5.77. The summed E-state index contributed by atoms with van der Waals surface area (Å²) in [7, 11) is 0. The number of aliphatic imine (C=N–C) groups is 1. The molecule has 1 aliphatic heterocycles. The molecule has 0 amide bonds. The number of guanidine groups is 1. The van der Waals surface area contributed by atoms with Crippen LogP contribution in [0.25, 0.3) is 0 Å². The summed E-state index contributed by atoms with van der Waals surface area (Å²) in [6, 6.07) is 8.86. The van der Waals surface area contributed by atoms with Crippen LogP contribution < -0.4 is 10.6 Å². The van der Waals surface area contributed by atoms with Crippen molar-refractivity contribution >= 4 is 29.9 Å². The lowest BCUT2D eigenvalue weighted by molar-refractivity contribution is 0.0888. The van der Waals surface area contributed by atoms with Crippen molar-refractivity contribution in [2.24, 2.45) is 10.9 Å². The van der Waals surface area contributed by atoms with Crippen LogP contribution in [0.1, 0.15) is 49.7 Å². The van der Waals surface area contributed by atoms with Crippen molar-refractivity contribution in [3.8, 4) is 0 Å². The van der Waals surface area contributed by atoms with Crippen LogP contribution in [0.2, 0.25) is 0 Å². The number of benzene rings is 1. The maximum atomic E-state index is 5.77. The summed E-state index contributed by atoms with van der Waals surface area (Å²) < 4.78 is 11.1. The minimum absolute atomic E-state index is 0. The second-order valence-electron chi connectivity index (χ2n) is 7.59. The van der Waals surface area contributed by atoms with Crippen LogP contribution in [-0.2, 0) is 15.9 Å². The Labute approximate surface area is 187 Å². The molecule has 28 heavy (non-hydrogen) atoms. The van der Waals surface area contributed by atoms with E-state index in [0.29, 0.717) is 11.8 Å². The number of hydrogen-bond donors (Lipinski definition) is 2. The van der Waals surface area contributed by atoms with Gasteiger partial charge >= 0.3 is 0 Å². The van der Waals surface area contributed by atoms with Crippen LogP contribution in [0.3, 0.4) is 0 Å². The van der Waals surface area contributed by atoms with Gasteiger partial charge in [0.2, 0.25) is 0 Å². The van der Waals surface area contributed by atoms with Crippen LogP contribution >= 0.6 is 24.0 Å². The van der Waals surface area contributed by atoms with Crippen LogP contribution in [0.15, 0.2) is 29.3 Å². The molecule has 0 radical (unpaired) electrons. The summed E-state index contributed by atoms with van der Waals surface area (Å²) >= 11 is 0. The molecular weight excluding hydrogens is 465 g/mol. The number of nitrogens with zero attached hydrogens (tertiary/aromatic N) is 1. The molecule has 1 fully saturated rings. The molecule has 2 atom stereocenters. The largest absolute Gasteiger partial charge is 0.381 e. The van der Waals surface area contributed by atoms with E-state index in [1.165, 1.54) is 30.4 Å². The Kier molecular flexibility index (Phi) is 11.2. The van der Waals surface area contributed by atoms with Gasteiger partial charge in [0.25, 0.3) is 0 Å². The molecule has 1 saturated heterocycles. The van der Waals surface area contributed by atoms with Crippen molar-refractivity contribution in [3.05, 3.63) is 35.4 Å². The highest BCUT2D eigenvalue weighted by Gasteiger charge is 2.19. The van der Waals surface area contributed by atoms with E-state index in [2.05, 4.69) is 41.8 Å². The highest BCUT2D eigenvalue weighted by molar-refractivity contribution is 14.0. The average molecular weight is 501 g/mol. The van der Waals surface area contributed by atoms with Gasteiger partial charge in [-0.15, -0.1) is 24.0 Å². The molecule has 2 aliphatic rings. The fourth-order valence-corrected chi connectivity index (χ4v) is 3.93. The standard InChI is InChI=1S/C22H35N3O2.HI/c1-2-23-22(24-12-6-13-26-16-18-11-14-27-17-18)25-15-20-9-5-8-19-7-3-4-10-21(19)20;/h3-4,7,10,18,20H,2,5-6,8-9,11-17H2,1H3,(H2,23,24,25);1H. The molecule has 2 N–H and O–H groups in total. The van der Waals surface area contributed by atoms with Crippen molar-refractivity contribution in [1.82, 2.24) is 10.6 Å². The zero-order chi connectivity index (χ0) is 18.7. The zero-order valence-electron chi connectivity index (χ0n) is 17.1. The molecule has 3 rings (SSSR count). The second kappa shape index (κ2) is 13.4. The van der Waals surface area contributed by atoms with Crippen molar-refractivity contribution in [1.29, 1.82) is 0 Å². The highest BCUT2D eigenvalue weighted by Crippen LogP contribution is 2.31. The number of aryl methyl sites for hydroxylation is 1. The van der Waals surface area contributed by atoms with Crippen LogP contribution in [0.5, 0.6) is 0 Å². The molecule has 5 nitrogen and oxygen atoms in total. The van der Waals surface area contributed by atoms with E-state index in [1.54, 1.807) is 0 Å². The summed E-state index contributed by atoms with van der Waals surface area (Å²) in [4.78, 5) is 4.85. The van der Waals surface area contributed by atoms with Gasteiger partial charge in [-0.2, -0.15) is 0 Å². The third-order valence-electron chi connectivity index (χ3n) is 5.44. The van der Waals surface area contributed by atoms with Gasteiger partial charge in [0.1, 0.15) is 0 Å². The Hall–Kier alpha value is -0.860. The Morgan fingerprint density at radius 2 is 2.14 bits per heavy atom. The van der Waals surface area contributed by atoms with E-state index >= 15 is 0 Å². The van der Waals surface area contributed by atoms with Gasteiger partial charge in [0, 0.05) is 44.7 Å². The molecule has 1 aliphatic carbocycles. The molecular formula is C22H36IN3O2. The first-order valence-corrected chi connectivity index (χ1v) is 10.6. The molecule has 6 heteroatoms. The minimum Gasteiger partial charge on any atom is -0.381 e. The van der Waals surface area contributed by atoms with Crippen LogP contribution in [0, 0.1) is 5.92 Å². The van der Waals surface area contributed by atoms with Gasteiger partial charge in [-0.1, -0.05) is 24.3 Å². The first-order valence-electron chi connectivity index (χ1n) is 10.6. The lowest BCUT2D eigenvalue weighted by Crippen LogP contribution is -2.38. The van der Waals surface area contributed by atoms with Gasteiger partial charge in [0.05, 0.1) is 13.2 Å². The summed E-state index contributed by atoms with van der Waals surface area (Å²) in [5.41, 5.74) is 3.00. The van der Waals surface area contributed by atoms with E-state index in [1.807, 2.05) is 0 Å². The number of hydrogen-bond acceptors (Lipinski definition) is 3. The fourth-order valence-electron chi connectivity index (χ4n) is 3.93. The average Bonchev–Trinajstić information content (AvgIpc) is 3.22. The predicted molar refractivity (Wildman–Crippen MR) is 126 cm³/mol. The normalized spacial score (nSPS) is 21.7. The van der Waals surface area contributed by atoms with Gasteiger partial charge in [-0.3, -0.25) is 4.99 Å². The van der Waals surface area contributed by atoms with E-state index in [-0.39, 0.29) is 24.0 Å². The number of fused-ring (bicyclic) bond motifs is 1. The molecule has 158 valence electrons. The lowest BCUT2D eigenvalue weighted by Gasteiger charge is -2.24. The van der Waals surface area contributed by atoms with Crippen molar-refractivity contribution in [2.75, 3.05) is 46.1 Å². The SMILES string of the molecule is CCNC(=NCC1CCCc2ccccc21)NCCCOCC1CCOC1.I. The van der Waals surface area contributed by atoms with Crippen molar-refractivity contribution < 1.29 is 9.47 Å². The monoisotopic (exact) mass is 501 g/mol. The Bertz CT molecular complexity index is 591. The fraction of sp³-hybridized carbons (Fsp3) is 0.682. The van der Waals surface area contributed by atoms with Gasteiger partial charge in [-0.25, -0.2) is 0 Å². The summed E-state index contributed by atoms with van der Waals surface area (Å²) in [6.45, 7) is 8.10. The summed E-state index contributed by atoms with van der Waals surface area (Å²) in [5, 5.41) is 6.81. The first kappa shape index (κ1) is 23.4. The van der Waals surface area contributed by atoms with Crippen molar-refractivity contribution in [2.45, 2.75) is 44.9 Å². The number of nitrogens with one attached hydrogen (secondary N) is 2. The molecule has 1 aromatic rings. The van der Waals surface area contributed by atoms with E-state index in [4.69, 9.17) is 14.5 Å². The Balaban J connectivity index is 0.00000280. The molecule has 0 spiro atoms. The molecule has 0 saturated carbocycles. The van der Waals surface area contributed by atoms with Gasteiger partial charge in [0.15, 0.2) is 5.96 Å². The topological polar surface area (TPSA) is 54.9 Å². The van der Waals surface area contributed by atoms with Gasteiger partial charge < -0.3 is 20.1 Å². The lowest BCUT2D eigenvalue weighted by atomic mass is 9.83. The molecule has 1 aromatic carbocycles. The Morgan fingerprint density at radius 3 is 2.96 bits per heavy atom. The number of rotatable bonds is 9. The van der Waals surface area contributed by atoms with E-state index < -0.39 is 0 Å². The third-order valence-corrected chi connectivity index (χ3v) is 5.44. The third kappa shape index (κ3) is 7.52. The molecule has 2 unspecified atom stereocenters. The molecule has 0 bridgehead atoms. The highest BCUT2D eigenvalue weighted by atomic mass is 127. The minimum atomic E-state index is 0. The number of halogens is 1. The van der Waals surface area contributed by atoms with E-state index in [0.717, 1.165) is 64.9 Å². The quantitative estimate of drug-likeness (QED) is 0.235. The first-order chi connectivity index (χ1) is 13.4. The smallest absolute Gasteiger partial charge is 0.191 e. The predicted octanol–water partition coefficient (Wildman–Crippen LogP) is 3.72. The van der Waals surface area contributed by atoms with E-state index in [9.17, 15) is 0 Å². The zero-order valence-corrected chi connectivity index (χ0v) is 19.5. The van der Waals surface area contributed by atoms with Crippen molar-refractivity contribution in [3.63, 3.8) is 0 Å². The second-order valence-corrected chi connectivity index (χ2v) is 7.59. The van der Waals surface area contributed by atoms with Crippen LogP contribution in [0.4, 0.5) is 0 Å². The molecule has 0 aromatic heterocycles. The number of ether oxygens (including phenoxy) is 2. The van der Waals surface area contributed by atoms with Gasteiger partial charge in [-0.05, 0) is 50.2 Å². The summed E-state index contributed by atoms with van der Waals surface area (Å²) in [5.74, 6) is 2.06.